The van der Waals surface area contributed by atoms with Gasteiger partial charge in [-0.1, -0.05) is 18.9 Å². The van der Waals surface area contributed by atoms with Crippen LogP contribution in [0.2, 0.25) is 0 Å². The second-order valence-corrected chi connectivity index (χ2v) is 8.98. The number of nitrogens with zero attached hydrogens (tertiary/aromatic N) is 2. The third-order valence-corrected chi connectivity index (χ3v) is 6.52. The molecule has 3 rings (SSSR count). The molecule has 7 heteroatoms. The topological polar surface area (TPSA) is 75.2 Å². The first-order chi connectivity index (χ1) is 15.0. The molecule has 1 aromatic rings. The molecule has 2 fully saturated rings. The molecule has 31 heavy (non-hydrogen) atoms. The molecule has 1 amide bonds. The molecule has 0 atom stereocenters. The van der Waals surface area contributed by atoms with E-state index in [1.165, 1.54) is 12.8 Å². The van der Waals surface area contributed by atoms with E-state index < -0.39 is 0 Å². The molecule has 0 aliphatic heterocycles. The van der Waals surface area contributed by atoms with Crippen LogP contribution in [0.4, 0.5) is 0 Å². The maximum atomic E-state index is 12.8. The summed E-state index contributed by atoms with van der Waals surface area (Å²) in [7, 11) is 7.10. The minimum atomic E-state index is -0.330. The van der Waals surface area contributed by atoms with Gasteiger partial charge in [-0.05, 0) is 56.2 Å². The van der Waals surface area contributed by atoms with Gasteiger partial charge >= 0.3 is 0 Å². The molecule has 2 aliphatic rings. The van der Waals surface area contributed by atoms with Gasteiger partial charge in [0, 0.05) is 34.2 Å². The van der Waals surface area contributed by atoms with E-state index in [0.717, 1.165) is 55.6 Å². The van der Waals surface area contributed by atoms with E-state index in [2.05, 4.69) is 21.7 Å². The van der Waals surface area contributed by atoms with Crippen LogP contribution in [-0.4, -0.2) is 57.7 Å². The Morgan fingerprint density at radius 3 is 2.45 bits per heavy atom. The summed E-state index contributed by atoms with van der Waals surface area (Å²) in [5, 5.41) is 6.74. The van der Waals surface area contributed by atoms with Crippen molar-refractivity contribution in [3.05, 3.63) is 23.8 Å². The Balaban J connectivity index is 1.57. The third-order valence-electron chi connectivity index (χ3n) is 6.52. The number of hydrogen-bond donors (Lipinski definition) is 2. The van der Waals surface area contributed by atoms with Crippen LogP contribution in [0.5, 0.6) is 11.5 Å². The highest BCUT2D eigenvalue weighted by Gasteiger charge is 2.42. The summed E-state index contributed by atoms with van der Waals surface area (Å²) in [6, 6.07) is 6.06. The molecule has 2 N–H and O–H groups in total. The van der Waals surface area contributed by atoms with Crippen LogP contribution in [0.3, 0.4) is 0 Å². The van der Waals surface area contributed by atoms with Crippen LogP contribution in [0.15, 0.2) is 23.2 Å². The summed E-state index contributed by atoms with van der Waals surface area (Å²) in [6.45, 7) is 1.20. The largest absolute Gasteiger partial charge is 0.493 e. The van der Waals surface area contributed by atoms with Crippen molar-refractivity contribution in [2.75, 3.05) is 34.8 Å². The van der Waals surface area contributed by atoms with Crippen LogP contribution in [0, 0.1) is 5.41 Å². The number of nitrogens with one attached hydrogen (secondary N) is 2. The van der Waals surface area contributed by atoms with Crippen molar-refractivity contribution in [1.82, 2.24) is 15.5 Å². The number of aliphatic imine (C=N–C) groups is 1. The van der Waals surface area contributed by atoms with Gasteiger partial charge in [0.25, 0.3) is 0 Å². The van der Waals surface area contributed by atoms with Gasteiger partial charge in [-0.2, -0.15) is 0 Å². The molecular formula is C24H38N4O3. The zero-order valence-corrected chi connectivity index (χ0v) is 19.5. The van der Waals surface area contributed by atoms with Gasteiger partial charge in [0.2, 0.25) is 5.91 Å². The number of carbonyl (C=O) groups excluding carboxylic acids is 1. The minimum Gasteiger partial charge on any atom is -0.493 e. The summed E-state index contributed by atoms with van der Waals surface area (Å²) >= 11 is 0. The highest BCUT2D eigenvalue weighted by atomic mass is 16.5. The maximum Gasteiger partial charge on any atom is 0.230 e. The third kappa shape index (κ3) is 5.83. The normalized spacial score (nSPS) is 18.6. The van der Waals surface area contributed by atoms with Gasteiger partial charge in [0.15, 0.2) is 17.5 Å². The molecule has 0 heterocycles. The number of rotatable bonds is 8. The zero-order chi connectivity index (χ0) is 22.3. The number of guanidine groups is 1. The number of methoxy groups -OCH3 is 1. The maximum absolute atomic E-state index is 12.8. The lowest BCUT2D eigenvalue weighted by Crippen LogP contribution is -2.49. The number of hydrogen-bond acceptors (Lipinski definition) is 4. The van der Waals surface area contributed by atoms with Crippen molar-refractivity contribution < 1.29 is 14.3 Å². The Hall–Kier alpha value is -2.44. The predicted octanol–water partition coefficient (Wildman–Crippen LogP) is 3.33. The molecule has 0 aromatic heterocycles. The Morgan fingerprint density at radius 2 is 1.84 bits per heavy atom. The van der Waals surface area contributed by atoms with Crippen LogP contribution in [-0.2, 0) is 11.3 Å². The van der Waals surface area contributed by atoms with Crippen molar-refractivity contribution in [1.29, 1.82) is 0 Å². The minimum absolute atomic E-state index is 0.204. The molecule has 0 spiro atoms. The van der Waals surface area contributed by atoms with Crippen molar-refractivity contribution >= 4 is 11.9 Å². The first kappa shape index (κ1) is 23.2. The Morgan fingerprint density at radius 1 is 1.13 bits per heavy atom. The summed E-state index contributed by atoms with van der Waals surface area (Å²) in [4.78, 5) is 18.8. The second-order valence-electron chi connectivity index (χ2n) is 8.98. The van der Waals surface area contributed by atoms with Gasteiger partial charge in [-0.25, -0.2) is 0 Å². The number of ether oxygens (including phenoxy) is 2. The fourth-order valence-corrected chi connectivity index (χ4v) is 4.76. The summed E-state index contributed by atoms with van der Waals surface area (Å²) < 4.78 is 11.7. The number of carbonyl (C=O) groups is 1. The first-order valence-corrected chi connectivity index (χ1v) is 11.5. The fraction of sp³-hybridized carbons (Fsp3) is 0.667. The molecule has 2 aliphatic carbocycles. The van der Waals surface area contributed by atoms with E-state index in [1.807, 2.05) is 26.2 Å². The highest BCUT2D eigenvalue weighted by molar-refractivity contribution is 5.85. The van der Waals surface area contributed by atoms with Crippen molar-refractivity contribution in [3.63, 3.8) is 0 Å². The van der Waals surface area contributed by atoms with Crippen molar-refractivity contribution in [3.8, 4) is 11.5 Å². The molecule has 0 saturated heterocycles. The van der Waals surface area contributed by atoms with Gasteiger partial charge < -0.3 is 25.0 Å². The zero-order valence-electron chi connectivity index (χ0n) is 19.5. The van der Waals surface area contributed by atoms with Gasteiger partial charge in [0.05, 0.1) is 18.6 Å². The summed E-state index contributed by atoms with van der Waals surface area (Å²) in [6.07, 6.45) is 9.06. The predicted molar refractivity (Wildman–Crippen MR) is 124 cm³/mol. The summed E-state index contributed by atoms with van der Waals surface area (Å²) in [5.41, 5.74) is 0.752. The molecule has 0 unspecified atom stereocenters. The molecule has 2 saturated carbocycles. The van der Waals surface area contributed by atoms with Crippen molar-refractivity contribution in [2.45, 2.75) is 64.0 Å². The average Bonchev–Trinajstić information content (AvgIpc) is 3.47. The molecular weight excluding hydrogens is 392 g/mol. The van der Waals surface area contributed by atoms with E-state index in [4.69, 9.17) is 9.47 Å². The first-order valence-electron chi connectivity index (χ1n) is 11.5. The van der Waals surface area contributed by atoms with Crippen molar-refractivity contribution in [2.24, 2.45) is 10.4 Å². The lowest BCUT2D eigenvalue weighted by Gasteiger charge is -2.31. The smallest absolute Gasteiger partial charge is 0.230 e. The SMILES string of the molecule is CN=C(NCc1ccc(OC2CCCC2)c(OC)c1)NCC1(C(=O)N(C)C)CCCC1. The van der Waals surface area contributed by atoms with Crippen LogP contribution in [0.25, 0.3) is 0 Å². The molecule has 1 aromatic carbocycles. The number of amides is 1. The van der Waals surface area contributed by atoms with Gasteiger partial charge in [-0.15, -0.1) is 0 Å². The van der Waals surface area contributed by atoms with Gasteiger partial charge in [0.1, 0.15) is 0 Å². The Kier molecular flexibility index (Phi) is 8.04. The van der Waals surface area contributed by atoms with Crippen LogP contribution >= 0.6 is 0 Å². The summed E-state index contributed by atoms with van der Waals surface area (Å²) in [5.74, 6) is 2.47. The molecule has 7 nitrogen and oxygen atoms in total. The van der Waals surface area contributed by atoms with E-state index in [9.17, 15) is 4.79 Å². The van der Waals surface area contributed by atoms with E-state index in [0.29, 0.717) is 25.2 Å². The Labute approximate surface area is 186 Å². The molecule has 0 radical (unpaired) electrons. The standard InChI is InChI=1S/C24H38N4O3/c1-25-23(27-17-24(13-7-8-14-24)22(29)28(2)3)26-16-18-11-12-20(21(15-18)30-4)31-19-9-5-6-10-19/h11-12,15,19H,5-10,13-14,16-17H2,1-4H3,(H2,25,26,27). The Bertz CT molecular complexity index is 766. The average molecular weight is 431 g/mol. The fourth-order valence-electron chi connectivity index (χ4n) is 4.76. The lowest BCUT2D eigenvalue weighted by atomic mass is 9.84. The van der Waals surface area contributed by atoms with Crippen LogP contribution < -0.4 is 20.1 Å². The van der Waals surface area contributed by atoms with Crippen LogP contribution in [0.1, 0.15) is 56.9 Å². The van der Waals surface area contributed by atoms with E-state index in [1.54, 1.807) is 19.1 Å². The monoisotopic (exact) mass is 430 g/mol. The quantitative estimate of drug-likeness (QED) is 0.489. The second kappa shape index (κ2) is 10.7. The number of benzene rings is 1. The molecule has 0 bridgehead atoms. The highest BCUT2D eigenvalue weighted by Crippen LogP contribution is 2.39. The van der Waals surface area contributed by atoms with Gasteiger partial charge in [-0.3, -0.25) is 9.79 Å². The van der Waals surface area contributed by atoms with E-state index in [-0.39, 0.29) is 11.3 Å². The molecule has 172 valence electrons. The van der Waals surface area contributed by atoms with E-state index >= 15 is 0 Å². The lowest BCUT2D eigenvalue weighted by molar-refractivity contribution is -0.138.